The van der Waals surface area contributed by atoms with Crippen LogP contribution in [0.1, 0.15) is 19.8 Å². The molecule has 0 aliphatic carbocycles. The summed E-state index contributed by atoms with van der Waals surface area (Å²) in [4.78, 5) is 27.1. The number of nitrogens with one attached hydrogen (secondary N) is 1. The van der Waals surface area contributed by atoms with Crippen molar-refractivity contribution < 1.29 is 39.9 Å². The van der Waals surface area contributed by atoms with Gasteiger partial charge in [0.2, 0.25) is 5.91 Å². The van der Waals surface area contributed by atoms with E-state index in [0.29, 0.717) is 12.8 Å². The molecule has 0 aromatic carbocycles. The number of aliphatic hydroxyl groups excluding tert-OH is 5. The number of aliphatic hydroxyl groups is 5. The van der Waals surface area contributed by atoms with Gasteiger partial charge in [0, 0.05) is 13.0 Å². The van der Waals surface area contributed by atoms with Crippen LogP contribution in [-0.2, 0) is 14.4 Å². The van der Waals surface area contributed by atoms with Crippen LogP contribution in [0.2, 0.25) is 0 Å². The minimum absolute atomic E-state index is 0.227. The summed E-state index contributed by atoms with van der Waals surface area (Å²) in [6, 6.07) is 0. The van der Waals surface area contributed by atoms with Crippen LogP contribution < -0.4 is 5.32 Å². The van der Waals surface area contributed by atoms with Crippen molar-refractivity contribution in [2.75, 3.05) is 13.2 Å². The molecule has 1 amide bonds. The van der Waals surface area contributed by atoms with Gasteiger partial charge in [0.25, 0.3) is 0 Å². The molecule has 0 saturated carbocycles. The van der Waals surface area contributed by atoms with E-state index in [1.807, 2.05) is 20.5 Å². The Morgan fingerprint density at radius 1 is 1.00 bits per heavy atom. The van der Waals surface area contributed by atoms with Crippen molar-refractivity contribution in [3.8, 4) is 0 Å². The van der Waals surface area contributed by atoms with Gasteiger partial charge in [-0.15, -0.1) is 0 Å². The molecule has 0 aliphatic heterocycles. The summed E-state index contributed by atoms with van der Waals surface area (Å²) in [5, 5.41) is 48.1. The van der Waals surface area contributed by atoms with Crippen LogP contribution in [0.3, 0.4) is 0 Å². The van der Waals surface area contributed by atoms with Crippen LogP contribution in [0.15, 0.2) is 0 Å². The summed E-state index contributed by atoms with van der Waals surface area (Å²) < 4.78 is 0. The van der Waals surface area contributed by atoms with E-state index < -0.39 is 31.0 Å². The average Bonchev–Trinajstić information content (AvgIpc) is 2.54. The topological polar surface area (TPSA) is 164 Å². The second-order valence-corrected chi connectivity index (χ2v) is 3.85. The van der Waals surface area contributed by atoms with E-state index in [1.165, 1.54) is 0 Å². The van der Waals surface area contributed by atoms with Crippen molar-refractivity contribution in [3.05, 3.63) is 0 Å². The molecule has 9 nitrogen and oxygen atoms in total. The Kier molecular flexibility index (Phi) is 19.5. The molecule has 0 unspecified atom stereocenters. The number of hydrogen-bond acceptors (Lipinski definition) is 8. The summed E-state index contributed by atoms with van der Waals surface area (Å²) in [5.74, 6) is -0.268. The number of carbonyl (C=O) groups is 3. The lowest BCUT2D eigenvalue weighted by atomic mass is 10.0. The first-order chi connectivity index (χ1) is 9.93. The Bertz CT molecular complexity index is 251. The highest BCUT2D eigenvalue weighted by atomic mass is 16.4. The maximum absolute atomic E-state index is 11.1. The van der Waals surface area contributed by atoms with Crippen molar-refractivity contribution in [1.82, 2.24) is 5.32 Å². The van der Waals surface area contributed by atoms with Gasteiger partial charge in [0.05, 0.1) is 12.7 Å². The van der Waals surface area contributed by atoms with Crippen LogP contribution in [0.5, 0.6) is 0 Å². The first-order valence-electron chi connectivity index (χ1n) is 6.11. The molecule has 0 fully saturated rings. The smallest absolute Gasteiger partial charge is 0.220 e. The maximum atomic E-state index is 11.1. The van der Waals surface area contributed by atoms with Gasteiger partial charge in [0.15, 0.2) is 0 Å². The third-order valence-corrected chi connectivity index (χ3v) is 2.31. The van der Waals surface area contributed by atoms with Gasteiger partial charge in [-0.25, -0.2) is 0 Å². The van der Waals surface area contributed by atoms with E-state index in [9.17, 15) is 20.1 Å². The van der Waals surface area contributed by atoms with Crippen molar-refractivity contribution in [1.29, 1.82) is 0 Å². The van der Waals surface area contributed by atoms with E-state index in [-0.39, 0.29) is 12.5 Å². The predicted octanol–water partition coefficient (Wildman–Crippen LogP) is -3.03. The Morgan fingerprint density at radius 2 is 1.43 bits per heavy atom. The average molecular weight is 311 g/mol. The SMILES string of the molecule is C=O.C=O.CCCC(=O)NC[C@H](O)[C@@H](O)[C@H](O)[C@H](O)CO. The Morgan fingerprint density at radius 3 is 1.81 bits per heavy atom. The Hall–Kier alpha value is -1.39. The van der Waals surface area contributed by atoms with Crippen molar-refractivity contribution >= 4 is 19.5 Å². The molecule has 126 valence electrons. The fraction of sp³-hybridized carbons (Fsp3) is 0.750. The molecule has 0 aromatic heterocycles. The largest absolute Gasteiger partial charge is 0.394 e. The number of carbonyl (C=O) groups excluding carboxylic acids is 3. The molecular formula is C12H25NO8. The number of amides is 1. The Balaban J connectivity index is -0.000000739. The molecule has 0 spiro atoms. The molecule has 4 atom stereocenters. The molecule has 21 heavy (non-hydrogen) atoms. The molecule has 0 aliphatic rings. The van der Waals surface area contributed by atoms with Crippen LogP contribution >= 0.6 is 0 Å². The van der Waals surface area contributed by atoms with Gasteiger partial charge in [-0.2, -0.15) is 0 Å². The van der Waals surface area contributed by atoms with Gasteiger partial charge in [-0.3, -0.25) is 4.79 Å². The minimum Gasteiger partial charge on any atom is -0.394 e. The summed E-state index contributed by atoms with van der Waals surface area (Å²) in [7, 11) is 0. The summed E-state index contributed by atoms with van der Waals surface area (Å²) in [5.41, 5.74) is 0. The van der Waals surface area contributed by atoms with Crippen LogP contribution in [0.25, 0.3) is 0 Å². The standard InChI is InChI=1S/C10H21NO6.2CH2O/c1-2-3-8(15)11-4-6(13)9(16)10(17)7(14)5-12;2*1-2/h6-7,9-10,12-14,16-17H,2-5H2,1H3,(H,11,15);2*1H2/t6-,7+,9+,10+;;/m0../s1. The lowest BCUT2D eigenvalue weighted by Crippen LogP contribution is -2.49. The van der Waals surface area contributed by atoms with Crippen LogP contribution in [0, 0.1) is 0 Å². The highest BCUT2D eigenvalue weighted by Gasteiger charge is 2.29. The van der Waals surface area contributed by atoms with Gasteiger partial charge in [0.1, 0.15) is 31.9 Å². The van der Waals surface area contributed by atoms with E-state index in [1.54, 1.807) is 0 Å². The fourth-order valence-electron chi connectivity index (χ4n) is 1.22. The third-order valence-electron chi connectivity index (χ3n) is 2.31. The predicted molar refractivity (Wildman–Crippen MR) is 73.3 cm³/mol. The molecule has 9 heteroatoms. The van der Waals surface area contributed by atoms with E-state index >= 15 is 0 Å². The lowest BCUT2D eigenvalue weighted by Gasteiger charge is -2.25. The van der Waals surface area contributed by atoms with Crippen molar-refractivity contribution in [3.63, 3.8) is 0 Å². The molecule has 0 saturated heterocycles. The molecular weight excluding hydrogens is 286 g/mol. The second-order valence-electron chi connectivity index (χ2n) is 3.85. The first kappa shape index (κ1) is 24.6. The summed E-state index contributed by atoms with van der Waals surface area (Å²) in [6.45, 7) is 4.87. The van der Waals surface area contributed by atoms with Crippen LogP contribution in [0.4, 0.5) is 0 Å². The van der Waals surface area contributed by atoms with Crippen LogP contribution in [-0.4, -0.2) is 82.6 Å². The first-order valence-corrected chi connectivity index (χ1v) is 6.11. The molecule has 0 heterocycles. The van der Waals surface area contributed by atoms with Gasteiger partial charge < -0.3 is 40.4 Å². The third kappa shape index (κ3) is 12.1. The van der Waals surface area contributed by atoms with Gasteiger partial charge in [-0.05, 0) is 6.42 Å². The minimum atomic E-state index is -1.67. The summed E-state index contributed by atoms with van der Waals surface area (Å²) >= 11 is 0. The molecule has 6 N–H and O–H groups in total. The highest BCUT2D eigenvalue weighted by molar-refractivity contribution is 5.75. The quantitative estimate of drug-likeness (QED) is 0.275. The van der Waals surface area contributed by atoms with Gasteiger partial charge in [-0.1, -0.05) is 6.92 Å². The lowest BCUT2D eigenvalue weighted by molar-refractivity contribution is -0.126. The maximum Gasteiger partial charge on any atom is 0.220 e. The Labute approximate surface area is 123 Å². The zero-order valence-electron chi connectivity index (χ0n) is 12.0. The molecule has 0 radical (unpaired) electrons. The summed E-state index contributed by atoms with van der Waals surface area (Å²) in [6.07, 6.45) is -5.28. The number of hydrogen-bond donors (Lipinski definition) is 6. The van der Waals surface area contributed by atoms with E-state index in [2.05, 4.69) is 5.32 Å². The van der Waals surface area contributed by atoms with Crippen molar-refractivity contribution in [2.45, 2.75) is 44.2 Å². The van der Waals surface area contributed by atoms with Crippen molar-refractivity contribution in [2.24, 2.45) is 0 Å². The fourth-order valence-corrected chi connectivity index (χ4v) is 1.22. The monoisotopic (exact) mass is 311 g/mol. The highest BCUT2D eigenvalue weighted by Crippen LogP contribution is 2.04. The molecule has 0 aromatic rings. The molecule has 0 rings (SSSR count). The van der Waals surface area contributed by atoms with Gasteiger partial charge >= 0.3 is 0 Å². The zero-order chi connectivity index (χ0) is 17.4. The van der Waals surface area contributed by atoms with E-state index in [0.717, 1.165) is 0 Å². The number of rotatable bonds is 8. The normalized spacial score (nSPS) is 15.1. The second kappa shape index (κ2) is 16.7. The van der Waals surface area contributed by atoms with E-state index in [4.69, 9.17) is 19.8 Å². The molecule has 0 bridgehead atoms. The zero-order valence-corrected chi connectivity index (χ0v) is 12.0.